The van der Waals surface area contributed by atoms with Crippen molar-refractivity contribution in [2.75, 3.05) is 0 Å². The quantitative estimate of drug-likeness (QED) is 0.742. The molecular weight excluding hydrogens is 226 g/mol. The van der Waals surface area contributed by atoms with Crippen LogP contribution in [0.5, 0.6) is 0 Å². The SMILES string of the molecule is NC(Cc1cscc1-c1ccn[nH]1)C(=O)O. The van der Waals surface area contributed by atoms with E-state index in [1.165, 1.54) is 11.3 Å². The molecule has 0 saturated carbocycles. The van der Waals surface area contributed by atoms with Crippen molar-refractivity contribution in [1.82, 2.24) is 10.2 Å². The van der Waals surface area contributed by atoms with Crippen LogP contribution in [0.4, 0.5) is 0 Å². The number of nitrogens with one attached hydrogen (secondary N) is 1. The van der Waals surface area contributed by atoms with Crippen molar-refractivity contribution in [3.63, 3.8) is 0 Å². The minimum atomic E-state index is -0.984. The van der Waals surface area contributed by atoms with E-state index in [0.29, 0.717) is 6.42 Å². The number of H-pyrrole nitrogens is 1. The summed E-state index contributed by atoms with van der Waals surface area (Å²) in [6.45, 7) is 0. The Morgan fingerprint density at radius 3 is 3.06 bits per heavy atom. The number of aromatic amines is 1. The Balaban J connectivity index is 2.23. The first-order valence-electron chi connectivity index (χ1n) is 4.71. The number of carboxylic acid groups (broad SMARTS) is 1. The van der Waals surface area contributed by atoms with Crippen molar-refractivity contribution >= 4 is 17.3 Å². The van der Waals surface area contributed by atoms with Crippen LogP contribution < -0.4 is 5.73 Å². The number of carboxylic acids is 1. The highest BCUT2D eigenvalue weighted by molar-refractivity contribution is 7.08. The molecule has 16 heavy (non-hydrogen) atoms. The maximum absolute atomic E-state index is 10.7. The van der Waals surface area contributed by atoms with Crippen LogP contribution in [0.1, 0.15) is 5.56 Å². The van der Waals surface area contributed by atoms with Crippen LogP contribution in [-0.2, 0) is 11.2 Å². The summed E-state index contributed by atoms with van der Waals surface area (Å²) in [6.07, 6.45) is 1.99. The topological polar surface area (TPSA) is 92.0 Å². The largest absolute Gasteiger partial charge is 0.480 e. The van der Waals surface area contributed by atoms with Gasteiger partial charge in [-0.15, -0.1) is 0 Å². The molecule has 0 radical (unpaired) electrons. The first-order chi connectivity index (χ1) is 7.68. The van der Waals surface area contributed by atoms with Crippen molar-refractivity contribution in [2.24, 2.45) is 5.73 Å². The third-order valence-electron chi connectivity index (χ3n) is 2.29. The minimum absolute atomic E-state index is 0.327. The van der Waals surface area contributed by atoms with Gasteiger partial charge in [0.25, 0.3) is 0 Å². The monoisotopic (exact) mass is 237 g/mol. The minimum Gasteiger partial charge on any atom is -0.480 e. The number of aromatic nitrogens is 2. The Morgan fingerprint density at radius 1 is 1.62 bits per heavy atom. The highest BCUT2D eigenvalue weighted by Gasteiger charge is 2.16. The first kappa shape index (κ1) is 10.8. The highest BCUT2D eigenvalue weighted by atomic mass is 32.1. The zero-order valence-corrected chi connectivity index (χ0v) is 9.20. The Labute approximate surface area is 95.9 Å². The summed E-state index contributed by atoms with van der Waals surface area (Å²) in [5, 5.41) is 19.3. The van der Waals surface area contributed by atoms with E-state index in [1.807, 2.05) is 16.8 Å². The van der Waals surface area contributed by atoms with Crippen molar-refractivity contribution in [1.29, 1.82) is 0 Å². The predicted octanol–water partition coefficient (Wildman–Crippen LogP) is 1.09. The molecule has 0 aliphatic rings. The standard InChI is InChI=1S/C10H11N3O2S/c11-8(10(14)15)3-6-4-16-5-7(6)9-1-2-12-13-9/h1-2,4-5,8H,3,11H2,(H,12,13)(H,14,15). The predicted molar refractivity (Wildman–Crippen MR) is 61.2 cm³/mol. The molecule has 0 spiro atoms. The molecule has 0 aliphatic carbocycles. The van der Waals surface area contributed by atoms with Gasteiger partial charge in [-0.3, -0.25) is 9.89 Å². The van der Waals surface area contributed by atoms with Crippen molar-refractivity contribution in [3.8, 4) is 11.3 Å². The molecule has 0 aliphatic heterocycles. The molecule has 5 nitrogen and oxygen atoms in total. The van der Waals surface area contributed by atoms with Gasteiger partial charge in [0.1, 0.15) is 6.04 Å². The molecule has 84 valence electrons. The Morgan fingerprint density at radius 2 is 2.44 bits per heavy atom. The number of carbonyl (C=O) groups is 1. The van der Waals surface area contributed by atoms with Crippen LogP contribution in [-0.4, -0.2) is 27.3 Å². The third-order valence-corrected chi connectivity index (χ3v) is 3.08. The van der Waals surface area contributed by atoms with Crippen LogP contribution >= 0.6 is 11.3 Å². The van der Waals surface area contributed by atoms with Gasteiger partial charge in [-0.1, -0.05) is 0 Å². The van der Waals surface area contributed by atoms with Gasteiger partial charge >= 0.3 is 5.97 Å². The molecule has 6 heteroatoms. The van der Waals surface area contributed by atoms with Gasteiger partial charge in [-0.2, -0.15) is 16.4 Å². The molecule has 0 amide bonds. The molecule has 2 rings (SSSR count). The molecular formula is C10H11N3O2S. The van der Waals surface area contributed by atoms with Crippen LogP contribution in [0, 0.1) is 0 Å². The normalized spacial score (nSPS) is 12.6. The third kappa shape index (κ3) is 2.12. The molecule has 2 aromatic rings. The number of thiophene rings is 1. The van der Waals surface area contributed by atoms with Crippen molar-refractivity contribution in [2.45, 2.75) is 12.5 Å². The summed E-state index contributed by atoms with van der Waals surface area (Å²) in [5.41, 5.74) is 8.30. The second-order valence-corrected chi connectivity index (χ2v) is 4.17. The highest BCUT2D eigenvalue weighted by Crippen LogP contribution is 2.26. The number of aliphatic carboxylic acids is 1. The number of nitrogens with zero attached hydrogens (tertiary/aromatic N) is 1. The van der Waals surface area contributed by atoms with Gasteiger partial charge in [0.2, 0.25) is 0 Å². The zero-order valence-electron chi connectivity index (χ0n) is 8.38. The van der Waals surface area contributed by atoms with Gasteiger partial charge < -0.3 is 10.8 Å². The average molecular weight is 237 g/mol. The van der Waals surface area contributed by atoms with E-state index in [-0.39, 0.29) is 0 Å². The molecule has 0 bridgehead atoms. The van der Waals surface area contributed by atoms with E-state index in [1.54, 1.807) is 6.20 Å². The lowest BCUT2D eigenvalue weighted by molar-refractivity contribution is -0.138. The summed E-state index contributed by atoms with van der Waals surface area (Å²) in [4.78, 5) is 10.7. The average Bonchev–Trinajstić information content (AvgIpc) is 2.85. The Kier molecular flexibility index (Phi) is 3.02. The molecule has 0 aromatic carbocycles. The second kappa shape index (κ2) is 4.46. The van der Waals surface area contributed by atoms with E-state index in [4.69, 9.17) is 10.8 Å². The zero-order chi connectivity index (χ0) is 11.5. The summed E-state index contributed by atoms with van der Waals surface area (Å²) in [6, 6.07) is 0.981. The maximum atomic E-state index is 10.7. The molecule has 2 aromatic heterocycles. The number of hydrogen-bond acceptors (Lipinski definition) is 4. The van der Waals surface area contributed by atoms with E-state index in [9.17, 15) is 4.79 Å². The molecule has 2 heterocycles. The Bertz CT molecular complexity index is 478. The van der Waals surface area contributed by atoms with Crippen LogP contribution in [0.2, 0.25) is 0 Å². The Hall–Kier alpha value is -1.66. The summed E-state index contributed by atoms with van der Waals surface area (Å²) in [5.74, 6) is -0.984. The lowest BCUT2D eigenvalue weighted by atomic mass is 10.0. The fraction of sp³-hybridized carbons (Fsp3) is 0.200. The fourth-order valence-corrected chi connectivity index (χ4v) is 2.32. The van der Waals surface area contributed by atoms with E-state index < -0.39 is 12.0 Å². The molecule has 4 N–H and O–H groups in total. The van der Waals surface area contributed by atoms with Crippen molar-refractivity contribution in [3.05, 3.63) is 28.6 Å². The van der Waals surface area contributed by atoms with E-state index in [2.05, 4.69) is 10.2 Å². The molecule has 0 fully saturated rings. The van der Waals surface area contributed by atoms with Crippen LogP contribution in [0.15, 0.2) is 23.0 Å². The maximum Gasteiger partial charge on any atom is 0.320 e. The molecule has 0 saturated heterocycles. The van der Waals surface area contributed by atoms with Crippen LogP contribution in [0.25, 0.3) is 11.3 Å². The van der Waals surface area contributed by atoms with Gasteiger partial charge in [-0.05, 0) is 23.4 Å². The number of nitrogens with two attached hydrogens (primary N) is 1. The summed E-state index contributed by atoms with van der Waals surface area (Å²) >= 11 is 1.52. The van der Waals surface area contributed by atoms with Gasteiger partial charge in [0.15, 0.2) is 0 Å². The lowest BCUT2D eigenvalue weighted by Gasteiger charge is -2.06. The van der Waals surface area contributed by atoms with Crippen molar-refractivity contribution < 1.29 is 9.90 Å². The lowest BCUT2D eigenvalue weighted by Crippen LogP contribution is -2.32. The molecule has 1 atom stereocenters. The molecule has 1 unspecified atom stereocenters. The fourth-order valence-electron chi connectivity index (χ4n) is 1.45. The number of rotatable bonds is 4. The van der Waals surface area contributed by atoms with Crippen LogP contribution in [0.3, 0.4) is 0 Å². The number of hydrogen-bond donors (Lipinski definition) is 3. The first-order valence-corrected chi connectivity index (χ1v) is 5.66. The second-order valence-electron chi connectivity index (χ2n) is 3.43. The van der Waals surface area contributed by atoms with Gasteiger partial charge in [0, 0.05) is 17.1 Å². The summed E-state index contributed by atoms with van der Waals surface area (Å²) < 4.78 is 0. The van der Waals surface area contributed by atoms with Gasteiger partial charge in [-0.25, -0.2) is 0 Å². The van der Waals surface area contributed by atoms with E-state index in [0.717, 1.165) is 16.8 Å². The van der Waals surface area contributed by atoms with E-state index >= 15 is 0 Å². The summed E-state index contributed by atoms with van der Waals surface area (Å²) in [7, 11) is 0. The van der Waals surface area contributed by atoms with Gasteiger partial charge in [0.05, 0.1) is 5.69 Å². The smallest absolute Gasteiger partial charge is 0.320 e.